The molecule has 0 aliphatic carbocycles. The molecule has 0 aromatic heterocycles. The Morgan fingerprint density at radius 2 is 1.74 bits per heavy atom. The van der Waals surface area contributed by atoms with Crippen molar-refractivity contribution >= 4 is 12.6 Å². The normalized spacial score (nSPS) is 19.4. The van der Waals surface area contributed by atoms with Crippen molar-refractivity contribution in [2.45, 2.75) is 45.3 Å². The molecule has 4 nitrogen and oxygen atoms in total. The highest BCUT2D eigenvalue weighted by molar-refractivity contribution is 6.62. The van der Waals surface area contributed by atoms with Crippen molar-refractivity contribution < 1.29 is 18.4 Å². The summed E-state index contributed by atoms with van der Waals surface area (Å²) in [4.78, 5) is 2.07. The lowest BCUT2D eigenvalue weighted by Gasteiger charge is -2.32. The summed E-state index contributed by atoms with van der Waals surface area (Å²) in [7, 11) is 3.44. The quantitative estimate of drug-likeness (QED) is 0.594. The summed E-state index contributed by atoms with van der Waals surface area (Å²) in [5, 5.41) is 0. The molecule has 0 unspecified atom stereocenters. The molecule has 0 amide bonds. The highest BCUT2D eigenvalue weighted by Crippen LogP contribution is 2.36. The molecule has 0 spiro atoms. The zero-order chi connectivity index (χ0) is 17.3. The third-order valence-corrected chi connectivity index (χ3v) is 4.49. The number of benzene rings is 1. The molecule has 1 aliphatic heterocycles. The van der Waals surface area contributed by atoms with E-state index < -0.39 is 18.3 Å². The first-order valence-corrected chi connectivity index (χ1v) is 8.05. The van der Waals surface area contributed by atoms with E-state index in [-0.39, 0.29) is 11.6 Å². The number of halogens is 1. The fourth-order valence-electron chi connectivity index (χ4n) is 2.32. The molecule has 6 heteroatoms. The summed E-state index contributed by atoms with van der Waals surface area (Å²) in [6, 6.07) is 4.88. The van der Waals surface area contributed by atoms with Gasteiger partial charge in [0.2, 0.25) is 0 Å². The average molecular weight is 323 g/mol. The maximum absolute atomic E-state index is 14.2. The predicted octanol–water partition coefficient (Wildman–Crippen LogP) is 2.46. The van der Waals surface area contributed by atoms with Crippen molar-refractivity contribution in [3.05, 3.63) is 24.0 Å². The van der Waals surface area contributed by atoms with Gasteiger partial charge in [0.05, 0.1) is 17.8 Å². The van der Waals surface area contributed by atoms with Crippen molar-refractivity contribution in [3.63, 3.8) is 0 Å². The van der Waals surface area contributed by atoms with Gasteiger partial charge in [-0.1, -0.05) is 6.07 Å². The van der Waals surface area contributed by atoms with Crippen LogP contribution in [0.3, 0.4) is 0 Å². The largest absolute Gasteiger partial charge is 0.494 e. The minimum absolute atomic E-state index is 0.268. The van der Waals surface area contributed by atoms with Gasteiger partial charge in [-0.15, -0.1) is 0 Å². The van der Waals surface area contributed by atoms with Gasteiger partial charge in [-0.05, 0) is 65.8 Å². The van der Waals surface area contributed by atoms with Crippen LogP contribution in [-0.4, -0.2) is 50.5 Å². The Morgan fingerprint density at radius 3 is 2.26 bits per heavy atom. The summed E-state index contributed by atoms with van der Waals surface area (Å²) < 4.78 is 31.6. The third-order valence-electron chi connectivity index (χ3n) is 4.49. The Kier molecular flexibility index (Phi) is 5.39. The van der Waals surface area contributed by atoms with Gasteiger partial charge in [-0.3, -0.25) is 0 Å². The highest BCUT2D eigenvalue weighted by Gasteiger charge is 2.51. The van der Waals surface area contributed by atoms with Crippen LogP contribution in [-0.2, 0) is 9.31 Å². The number of rotatable bonds is 6. The number of hydrogen-bond acceptors (Lipinski definition) is 4. The maximum Gasteiger partial charge on any atom is 0.494 e. The van der Waals surface area contributed by atoms with Gasteiger partial charge in [-0.2, -0.15) is 0 Å². The lowest BCUT2D eigenvalue weighted by Crippen LogP contribution is -2.41. The average Bonchev–Trinajstić information content (AvgIpc) is 2.64. The summed E-state index contributed by atoms with van der Waals surface area (Å²) in [5.74, 6) is -0.119. The van der Waals surface area contributed by atoms with Gasteiger partial charge in [0.25, 0.3) is 0 Å². The van der Waals surface area contributed by atoms with Crippen LogP contribution in [0.15, 0.2) is 18.2 Å². The molecule has 0 atom stereocenters. The van der Waals surface area contributed by atoms with Crippen LogP contribution >= 0.6 is 0 Å². The fourth-order valence-corrected chi connectivity index (χ4v) is 2.32. The van der Waals surface area contributed by atoms with Crippen molar-refractivity contribution in [1.82, 2.24) is 4.90 Å². The fraction of sp³-hybridized carbons (Fsp3) is 0.647. The lowest BCUT2D eigenvalue weighted by molar-refractivity contribution is 0.00578. The van der Waals surface area contributed by atoms with E-state index in [9.17, 15) is 4.39 Å². The van der Waals surface area contributed by atoms with E-state index in [1.165, 1.54) is 6.07 Å². The Hall–Kier alpha value is -1.11. The van der Waals surface area contributed by atoms with Crippen LogP contribution in [0, 0.1) is 5.82 Å². The van der Waals surface area contributed by atoms with Gasteiger partial charge in [-0.25, -0.2) is 4.39 Å². The Morgan fingerprint density at radius 1 is 1.13 bits per heavy atom. The highest BCUT2D eigenvalue weighted by atomic mass is 19.1. The van der Waals surface area contributed by atoms with E-state index in [4.69, 9.17) is 14.0 Å². The van der Waals surface area contributed by atoms with Crippen LogP contribution in [0.25, 0.3) is 0 Å². The Labute approximate surface area is 139 Å². The molecular weight excluding hydrogens is 296 g/mol. The van der Waals surface area contributed by atoms with Crippen molar-refractivity contribution in [2.75, 3.05) is 27.2 Å². The van der Waals surface area contributed by atoms with E-state index in [2.05, 4.69) is 4.90 Å². The number of nitrogens with zero attached hydrogens (tertiary/aromatic N) is 1. The van der Waals surface area contributed by atoms with Gasteiger partial charge in [0.1, 0.15) is 0 Å². The summed E-state index contributed by atoms with van der Waals surface area (Å²) >= 11 is 0. The van der Waals surface area contributed by atoms with Gasteiger partial charge in [0.15, 0.2) is 11.6 Å². The first kappa shape index (κ1) is 18.2. The van der Waals surface area contributed by atoms with Crippen LogP contribution in [0.5, 0.6) is 5.75 Å². The molecule has 23 heavy (non-hydrogen) atoms. The molecule has 0 radical (unpaired) electrons. The first-order valence-electron chi connectivity index (χ1n) is 8.05. The zero-order valence-corrected chi connectivity index (χ0v) is 15.0. The second kappa shape index (κ2) is 6.79. The molecule has 128 valence electrons. The van der Waals surface area contributed by atoms with Gasteiger partial charge < -0.3 is 18.9 Å². The molecular formula is C17H27BFNO3. The topological polar surface area (TPSA) is 30.9 Å². The smallest absolute Gasteiger partial charge is 0.490 e. The molecule has 1 aromatic carbocycles. The Balaban J connectivity index is 2.00. The maximum atomic E-state index is 14.2. The Bertz CT molecular complexity index is 533. The van der Waals surface area contributed by atoms with E-state index in [1.807, 2.05) is 41.8 Å². The SMILES string of the molecule is CN(C)CCCOc1ccc(B2OC(C)(C)C(C)(C)O2)cc1F. The zero-order valence-electron chi connectivity index (χ0n) is 15.0. The molecule has 1 aliphatic rings. The molecule has 1 fully saturated rings. The molecule has 0 N–H and O–H groups in total. The molecule has 1 saturated heterocycles. The van der Waals surface area contributed by atoms with Crippen LogP contribution in [0.1, 0.15) is 34.1 Å². The third kappa shape index (κ3) is 4.25. The van der Waals surface area contributed by atoms with Crippen LogP contribution < -0.4 is 10.2 Å². The minimum atomic E-state index is -0.558. The monoisotopic (exact) mass is 323 g/mol. The van der Waals surface area contributed by atoms with Gasteiger partial charge >= 0.3 is 7.12 Å². The van der Waals surface area contributed by atoms with Crippen molar-refractivity contribution in [1.29, 1.82) is 0 Å². The van der Waals surface area contributed by atoms with Gasteiger partial charge in [0, 0.05) is 6.54 Å². The first-order chi connectivity index (χ1) is 10.6. The minimum Gasteiger partial charge on any atom is -0.490 e. The summed E-state index contributed by atoms with van der Waals surface area (Å²) in [6.45, 7) is 9.31. The predicted molar refractivity (Wildman–Crippen MR) is 90.8 cm³/mol. The van der Waals surface area contributed by atoms with E-state index in [1.54, 1.807) is 12.1 Å². The van der Waals surface area contributed by atoms with Crippen molar-refractivity contribution in [2.24, 2.45) is 0 Å². The van der Waals surface area contributed by atoms with Crippen LogP contribution in [0.4, 0.5) is 4.39 Å². The number of ether oxygens (including phenoxy) is 1. The molecule has 2 rings (SSSR count). The van der Waals surface area contributed by atoms with Crippen molar-refractivity contribution in [3.8, 4) is 5.75 Å². The second-order valence-corrected chi connectivity index (χ2v) is 7.28. The summed E-state index contributed by atoms with van der Waals surface area (Å²) in [6.07, 6.45) is 0.853. The molecule has 1 heterocycles. The molecule has 0 bridgehead atoms. The lowest BCUT2D eigenvalue weighted by atomic mass is 9.79. The second-order valence-electron chi connectivity index (χ2n) is 7.28. The van der Waals surface area contributed by atoms with E-state index in [0.29, 0.717) is 12.1 Å². The van der Waals surface area contributed by atoms with Crippen LogP contribution in [0.2, 0.25) is 0 Å². The summed E-state index contributed by atoms with van der Waals surface area (Å²) in [5.41, 5.74) is -0.202. The number of hydrogen-bond donors (Lipinski definition) is 0. The molecule has 0 saturated carbocycles. The van der Waals surface area contributed by atoms with E-state index >= 15 is 0 Å². The standard InChI is InChI=1S/C17H27BFNO3/c1-16(2)17(3,4)23-18(22-16)13-8-9-15(14(19)12-13)21-11-7-10-20(5)6/h8-9,12H,7,10-11H2,1-6H3. The molecule has 1 aromatic rings. The van der Waals surface area contributed by atoms with E-state index in [0.717, 1.165) is 13.0 Å².